The number of ether oxygens (including phenoxy) is 1. The Hall–Kier alpha value is 0.0406. The minimum absolute atomic E-state index is 0.111. The molecule has 7 heteroatoms. The van der Waals surface area contributed by atoms with Gasteiger partial charge in [-0.2, -0.15) is 0 Å². The quantitative estimate of drug-likeness (QED) is 0.354. The van der Waals surface area contributed by atoms with Crippen molar-refractivity contribution < 1.29 is 9.53 Å². The first-order valence-electron chi connectivity index (χ1n) is 8.82. The predicted octanol–water partition coefficient (Wildman–Crippen LogP) is 4.09. The van der Waals surface area contributed by atoms with Crippen molar-refractivity contribution in [2.45, 2.75) is 84.2 Å². The second-order valence-electron chi connectivity index (χ2n) is 9.46. The first-order valence-corrected chi connectivity index (χ1v) is 19.2. The fraction of sp³-hybridized carbons (Fsp3) is 0.938. The van der Waals surface area contributed by atoms with Crippen LogP contribution in [0.15, 0.2) is 0 Å². The van der Waals surface area contributed by atoms with E-state index in [1.54, 1.807) is 0 Å². The van der Waals surface area contributed by atoms with Crippen molar-refractivity contribution in [1.29, 1.82) is 0 Å². The van der Waals surface area contributed by atoms with Crippen LogP contribution in [0.3, 0.4) is 0 Å². The van der Waals surface area contributed by atoms with Crippen LogP contribution < -0.4 is 4.98 Å². The third-order valence-electron chi connectivity index (χ3n) is 3.84. The molecule has 0 aliphatic heterocycles. The van der Waals surface area contributed by atoms with Gasteiger partial charge in [0, 0.05) is 0 Å². The Morgan fingerprint density at radius 3 is 1.78 bits per heavy atom. The number of carbonyl (C=O) groups excluding carboxylic acids is 1. The monoisotopic (exact) mass is 376 g/mol. The Kier molecular flexibility index (Phi) is 8.95. The van der Waals surface area contributed by atoms with Crippen LogP contribution in [-0.2, 0) is 9.53 Å². The Bertz CT molecular complexity index is 357. The maximum Gasteiger partial charge on any atom is 0.322 e. The lowest BCUT2D eigenvalue weighted by molar-refractivity contribution is -0.142. The molecule has 138 valence electrons. The zero-order valence-corrected chi connectivity index (χ0v) is 20.2. The minimum Gasteiger partial charge on any atom is -0.468 e. The highest BCUT2D eigenvalue weighted by Crippen LogP contribution is 2.20. The summed E-state index contributed by atoms with van der Waals surface area (Å²) in [7, 11) is -2.55. The van der Waals surface area contributed by atoms with Crippen LogP contribution in [0.25, 0.3) is 0 Å². The first kappa shape index (κ1) is 23.0. The van der Waals surface area contributed by atoms with E-state index in [2.05, 4.69) is 68.1 Å². The van der Waals surface area contributed by atoms with Crippen LogP contribution in [0, 0.1) is 0 Å². The van der Waals surface area contributed by atoms with Gasteiger partial charge < -0.3 is 14.0 Å². The van der Waals surface area contributed by atoms with E-state index >= 15 is 0 Å². The van der Waals surface area contributed by atoms with Crippen LogP contribution in [0.5, 0.6) is 0 Å². The molecule has 0 aromatic heterocycles. The number of nitrogens with zero attached hydrogens (tertiary/aromatic N) is 1. The first-order chi connectivity index (χ1) is 10.2. The average molecular weight is 377 g/mol. The summed E-state index contributed by atoms with van der Waals surface area (Å²) in [5.74, 6) is -0.111. The SMILES string of the molecule is COC(=O)[C@H](CCCCN([Si](C)(C)C)[Si](C)(C)C)N[Si](C)(C)C. The summed E-state index contributed by atoms with van der Waals surface area (Å²) in [5.41, 5.74) is 0. The number of esters is 1. The van der Waals surface area contributed by atoms with Gasteiger partial charge in [-0.25, -0.2) is 0 Å². The smallest absolute Gasteiger partial charge is 0.322 e. The van der Waals surface area contributed by atoms with Crippen LogP contribution in [-0.4, -0.2) is 54.6 Å². The average Bonchev–Trinajstić information content (AvgIpc) is 2.31. The highest BCUT2D eigenvalue weighted by molar-refractivity contribution is 6.89. The minimum atomic E-state index is -1.49. The van der Waals surface area contributed by atoms with Crippen LogP contribution in [0.4, 0.5) is 0 Å². The number of hydrogen-bond donors (Lipinski definition) is 1. The topological polar surface area (TPSA) is 41.6 Å². The molecule has 0 heterocycles. The fourth-order valence-corrected chi connectivity index (χ4v) is 14.2. The Morgan fingerprint density at radius 2 is 1.43 bits per heavy atom. The number of carbonyl (C=O) groups is 1. The van der Waals surface area contributed by atoms with Gasteiger partial charge in [0.05, 0.1) is 13.2 Å². The molecule has 0 radical (unpaired) electrons. The lowest BCUT2D eigenvalue weighted by atomic mass is 10.1. The Balaban J connectivity index is 4.57. The maximum atomic E-state index is 12.0. The summed E-state index contributed by atoms with van der Waals surface area (Å²) >= 11 is 0. The molecule has 0 rings (SSSR count). The van der Waals surface area contributed by atoms with Gasteiger partial charge in [-0.15, -0.1) is 0 Å². The third-order valence-corrected chi connectivity index (χ3v) is 12.8. The van der Waals surface area contributed by atoms with Gasteiger partial charge >= 0.3 is 5.97 Å². The molecular formula is C16H40N2O2Si3. The molecule has 0 aliphatic rings. The van der Waals surface area contributed by atoms with Crippen molar-refractivity contribution in [3.8, 4) is 0 Å². The number of hydrogen-bond acceptors (Lipinski definition) is 4. The van der Waals surface area contributed by atoms with E-state index in [0.717, 1.165) is 19.3 Å². The third kappa shape index (κ3) is 9.81. The van der Waals surface area contributed by atoms with Crippen molar-refractivity contribution in [2.75, 3.05) is 13.7 Å². The summed E-state index contributed by atoms with van der Waals surface area (Å²) < 4.78 is 7.79. The zero-order valence-electron chi connectivity index (χ0n) is 17.2. The number of unbranched alkanes of at least 4 members (excludes halogenated alkanes) is 1. The van der Waals surface area contributed by atoms with Gasteiger partial charge in [-0.1, -0.05) is 65.3 Å². The van der Waals surface area contributed by atoms with Crippen LogP contribution in [0.2, 0.25) is 58.9 Å². The largest absolute Gasteiger partial charge is 0.468 e. The van der Waals surface area contributed by atoms with Gasteiger partial charge in [0.2, 0.25) is 0 Å². The lowest BCUT2D eigenvalue weighted by Crippen LogP contribution is -2.59. The lowest BCUT2D eigenvalue weighted by Gasteiger charge is -2.43. The summed E-state index contributed by atoms with van der Waals surface area (Å²) in [4.78, 5) is 15.5. The van der Waals surface area contributed by atoms with E-state index in [1.165, 1.54) is 13.7 Å². The summed E-state index contributed by atoms with van der Waals surface area (Å²) in [6.45, 7) is 22.5. The molecule has 0 amide bonds. The van der Waals surface area contributed by atoms with Gasteiger partial charge in [-0.3, -0.25) is 4.79 Å². The van der Waals surface area contributed by atoms with Crippen molar-refractivity contribution >= 4 is 30.7 Å². The van der Waals surface area contributed by atoms with E-state index < -0.39 is 24.7 Å². The summed E-state index contributed by atoms with van der Waals surface area (Å²) in [6.07, 6.45) is 3.11. The highest BCUT2D eigenvalue weighted by Gasteiger charge is 2.33. The molecule has 1 atom stereocenters. The Morgan fingerprint density at radius 1 is 0.957 bits per heavy atom. The van der Waals surface area contributed by atoms with Gasteiger partial charge in [-0.05, 0) is 19.4 Å². The summed E-state index contributed by atoms with van der Waals surface area (Å²) in [5, 5.41) is 0. The molecule has 4 nitrogen and oxygen atoms in total. The van der Waals surface area contributed by atoms with E-state index in [-0.39, 0.29) is 12.0 Å². The molecule has 0 saturated heterocycles. The van der Waals surface area contributed by atoms with E-state index in [9.17, 15) is 4.79 Å². The van der Waals surface area contributed by atoms with Gasteiger partial charge in [0.1, 0.15) is 24.7 Å². The van der Waals surface area contributed by atoms with E-state index in [1.807, 2.05) is 0 Å². The van der Waals surface area contributed by atoms with E-state index in [4.69, 9.17) is 4.74 Å². The van der Waals surface area contributed by atoms with E-state index in [0.29, 0.717) is 0 Å². The standard InChI is InChI=1S/C16H40N2O2Si3/c1-20-16(19)15(17-21(2,3)4)13-11-12-14-18(22(5,6)7)23(8,9)10/h15,17H,11-14H2,1-10H3/t15-/m0/s1. The van der Waals surface area contributed by atoms with Crippen molar-refractivity contribution in [2.24, 2.45) is 0 Å². The molecule has 0 saturated carbocycles. The second-order valence-corrected chi connectivity index (χ2v) is 24.5. The predicted molar refractivity (Wildman–Crippen MR) is 110 cm³/mol. The highest BCUT2D eigenvalue weighted by atomic mass is 28.4. The number of nitrogens with one attached hydrogen (secondary N) is 1. The molecule has 0 fully saturated rings. The van der Waals surface area contributed by atoms with Crippen LogP contribution >= 0.6 is 0 Å². The molecule has 0 unspecified atom stereocenters. The Labute approximate surface area is 147 Å². The molecular weight excluding hydrogens is 336 g/mol. The van der Waals surface area contributed by atoms with Gasteiger partial charge in [0.25, 0.3) is 0 Å². The molecule has 1 N–H and O–H groups in total. The molecule has 23 heavy (non-hydrogen) atoms. The molecule has 0 spiro atoms. The molecule has 0 aromatic carbocycles. The van der Waals surface area contributed by atoms with Crippen molar-refractivity contribution in [3.63, 3.8) is 0 Å². The van der Waals surface area contributed by atoms with Crippen LogP contribution in [0.1, 0.15) is 19.3 Å². The normalized spacial score (nSPS) is 14.9. The zero-order chi connectivity index (χ0) is 18.5. The second kappa shape index (κ2) is 8.94. The number of methoxy groups -OCH3 is 1. The fourth-order valence-electron chi connectivity index (χ4n) is 3.21. The van der Waals surface area contributed by atoms with Gasteiger partial charge in [0.15, 0.2) is 0 Å². The number of rotatable bonds is 10. The van der Waals surface area contributed by atoms with Crippen molar-refractivity contribution in [3.05, 3.63) is 0 Å². The summed E-state index contributed by atoms with van der Waals surface area (Å²) in [6, 6.07) is -0.140. The molecule has 0 aliphatic carbocycles. The van der Waals surface area contributed by atoms with Crippen molar-refractivity contribution in [1.82, 2.24) is 9.21 Å². The maximum absolute atomic E-state index is 12.0. The molecule has 0 bridgehead atoms. The molecule has 0 aromatic rings.